The van der Waals surface area contributed by atoms with Crippen LogP contribution in [-0.4, -0.2) is 24.8 Å². The zero-order valence-corrected chi connectivity index (χ0v) is 19.0. The molecule has 0 radical (unpaired) electrons. The molecule has 4 heteroatoms. The van der Waals surface area contributed by atoms with E-state index in [-0.39, 0.29) is 17.0 Å². The summed E-state index contributed by atoms with van der Waals surface area (Å²) in [4.78, 5) is 23.2. The first-order valence-electron chi connectivity index (χ1n) is 10.5. The van der Waals surface area contributed by atoms with Gasteiger partial charge in [0, 0.05) is 18.3 Å². The Morgan fingerprint density at radius 2 is 1.03 bits per heavy atom. The summed E-state index contributed by atoms with van der Waals surface area (Å²) in [7, 11) is 0. The minimum absolute atomic E-state index is 0.0209. The quantitative estimate of drug-likeness (QED) is 0.405. The monoisotopic (exact) mass is 420 g/mol. The second kappa shape index (κ2) is 10.8. The zero-order valence-electron chi connectivity index (χ0n) is 19.0. The highest BCUT2D eigenvalue weighted by molar-refractivity contribution is 5.94. The lowest BCUT2D eigenvalue weighted by Gasteiger charge is -2.26. The van der Waals surface area contributed by atoms with Gasteiger partial charge >= 0.3 is 0 Å². The van der Waals surface area contributed by atoms with Crippen LogP contribution in [0.15, 0.2) is 72.8 Å². The number of rotatable bonds is 12. The normalized spacial score (nSPS) is 11.0. The number of Topliss-reactive ketones (excluding diaryl/α,β-unsaturated/α-hetero) is 2. The molecule has 0 aromatic heterocycles. The molecule has 2 aromatic carbocycles. The number of allylic oxidation sites excluding steroid dienone is 2. The molecule has 2 aromatic rings. The molecule has 164 valence electrons. The molecule has 0 amide bonds. The first-order chi connectivity index (χ1) is 14.6. The standard InChI is InChI=1S/C27H32O4/c1-19(2)25(28)15-17-30-23-11-7-21(8-12-23)27(5,6)22-9-13-24(14-10-22)31-18-16-26(29)20(3)4/h7-14H,1,3,15-18H2,2,4-6H3. The molecule has 0 saturated heterocycles. The number of carbonyl (C=O) groups excluding carboxylic acids is 2. The fraction of sp³-hybridized carbons (Fsp3) is 0.333. The van der Waals surface area contributed by atoms with E-state index in [4.69, 9.17) is 9.47 Å². The highest BCUT2D eigenvalue weighted by Crippen LogP contribution is 2.33. The maximum Gasteiger partial charge on any atom is 0.161 e. The third kappa shape index (κ3) is 6.95. The van der Waals surface area contributed by atoms with Gasteiger partial charge in [-0.15, -0.1) is 0 Å². The van der Waals surface area contributed by atoms with Crippen LogP contribution in [0.3, 0.4) is 0 Å². The number of ketones is 2. The van der Waals surface area contributed by atoms with Crippen molar-refractivity contribution in [2.45, 2.75) is 46.0 Å². The molecule has 4 nitrogen and oxygen atoms in total. The summed E-state index contributed by atoms with van der Waals surface area (Å²) in [5.41, 5.74) is 3.20. The van der Waals surface area contributed by atoms with Gasteiger partial charge in [0.2, 0.25) is 0 Å². The van der Waals surface area contributed by atoms with Gasteiger partial charge in [-0.1, -0.05) is 51.3 Å². The molecular weight excluding hydrogens is 388 g/mol. The van der Waals surface area contributed by atoms with Crippen LogP contribution in [0.1, 0.15) is 51.7 Å². The van der Waals surface area contributed by atoms with Gasteiger partial charge in [0.15, 0.2) is 11.6 Å². The van der Waals surface area contributed by atoms with E-state index in [0.29, 0.717) is 37.2 Å². The maximum absolute atomic E-state index is 11.6. The summed E-state index contributed by atoms with van der Waals surface area (Å²) in [6.07, 6.45) is 0.663. The van der Waals surface area contributed by atoms with E-state index in [1.54, 1.807) is 13.8 Å². The number of carbonyl (C=O) groups is 2. The molecule has 0 aliphatic carbocycles. The van der Waals surface area contributed by atoms with Crippen LogP contribution >= 0.6 is 0 Å². The van der Waals surface area contributed by atoms with Gasteiger partial charge in [-0.3, -0.25) is 9.59 Å². The van der Waals surface area contributed by atoms with Gasteiger partial charge < -0.3 is 9.47 Å². The van der Waals surface area contributed by atoms with E-state index in [9.17, 15) is 9.59 Å². The van der Waals surface area contributed by atoms with Crippen molar-refractivity contribution in [2.24, 2.45) is 0 Å². The second-order valence-electron chi connectivity index (χ2n) is 8.28. The van der Waals surface area contributed by atoms with Crippen molar-refractivity contribution in [1.29, 1.82) is 0 Å². The molecule has 0 atom stereocenters. The topological polar surface area (TPSA) is 52.6 Å². The van der Waals surface area contributed by atoms with E-state index in [1.807, 2.05) is 48.5 Å². The van der Waals surface area contributed by atoms with Gasteiger partial charge in [0.05, 0.1) is 13.2 Å². The van der Waals surface area contributed by atoms with Gasteiger partial charge in [-0.2, -0.15) is 0 Å². The summed E-state index contributed by atoms with van der Waals surface area (Å²) in [6.45, 7) is 15.7. The van der Waals surface area contributed by atoms with Crippen molar-refractivity contribution < 1.29 is 19.1 Å². The van der Waals surface area contributed by atoms with E-state index >= 15 is 0 Å². The fourth-order valence-corrected chi connectivity index (χ4v) is 3.05. The van der Waals surface area contributed by atoms with Crippen molar-refractivity contribution in [3.63, 3.8) is 0 Å². The molecule has 0 fully saturated rings. The predicted molar refractivity (Wildman–Crippen MR) is 125 cm³/mol. The van der Waals surface area contributed by atoms with E-state index in [0.717, 1.165) is 22.6 Å². The van der Waals surface area contributed by atoms with Crippen LogP contribution in [-0.2, 0) is 15.0 Å². The Balaban J connectivity index is 1.96. The molecule has 0 heterocycles. The minimum Gasteiger partial charge on any atom is -0.493 e. The van der Waals surface area contributed by atoms with E-state index in [1.165, 1.54) is 0 Å². The highest BCUT2D eigenvalue weighted by atomic mass is 16.5. The number of hydrogen-bond donors (Lipinski definition) is 0. The SMILES string of the molecule is C=C(C)C(=O)CCOc1ccc(C(C)(C)c2ccc(OCCC(=O)C(=C)C)cc2)cc1. The van der Waals surface area contributed by atoms with Crippen LogP contribution in [0.5, 0.6) is 11.5 Å². The Labute approximate surface area is 185 Å². The van der Waals surface area contributed by atoms with Crippen molar-refractivity contribution in [1.82, 2.24) is 0 Å². The second-order valence-corrected chi connectivity index (χ2v) is 8.28. The minimum atomic E-state index is -0.205. The molecule has 0 unspecified atom stereocenters. The van der Waals surface area contributed by atoms with E-state index in [2.05, 4.69) is 27.0 Å². The zero-order chi connectivity index (χ0) is 23.0. The summed E-state index contributed by atoms with van der Waals surface area (Å²) in [5, 5.41) is 0. The molecule has 0 aliphatic rings. The Hall–Kier alpha value is -3.14. The lowest BCUT2D eigenvalue weighted by Crippen LogP contribution is -2.18. The largest absolute Gasteiger partial charge is 0.493 e. The van der Waals surface area contributed by atoms with Gasteiger partial charge in [-0.25, -0.2) is 0 Å². The van der Waals surface area contributed by atoms with Gasteiger partial charge in [0.1, 0.15) is 11.5 Å². The molecular formula is C27H32O4. The molecule has 0 bridgehead atoms. The van der Waals surface area contributed by atoms with Crippen molar-refractivity contribution in [3.8, 4) is 11.5 Å². The number of benzene rings is 2. The number of hydrogen-bond acceptors (Lipinski definition) is 4. The first-order valence-corrected chi connectivity index (χ1v) is 10.5. The summed E-state index contributed by atoms with van der Waals surface area (Å²) < 4.78 is 11.4. The summed E-state index contributed by atoms with van der Waals surface area (Å²) >= 11 is 0. The predicted octanol–water partition coefficient (Wildman–Crippen LogP) is 5.84. The number of ether oxygens (including phenoxy) is 2. The first kappa shape index (κ1) is 24.1. The van der Waals surface area contributed by atoms with Crippen LogP contribution in [0.4, 0.5) is 0 Å². The molecule has 0 aliphatic heterocycles. The third-order valence-corrected chi connectivity index (χ3v) is 5.30. The van der Waals surface area contributed by atoms with Crippen LogP contribution in [0, 0.1) is 0 Å². The third-order valence-electron chi connectivity index (χ3n) is 5.30. The Bertz CT molecular complexity index is 857. The molecule has 0 N–H and O–H groups in total. The molecule has 2 rings (SSSR count). The lowest BCUT2D eigenvalue weighted by atomic mass is 9.78. The Kier molecular flexibility index (Phi) is 8.38. The molecule has 31 heavy (non-hydrogen) atoms. The van der Waals surface area contributed by atoms with Crippen molar-refractivity contribution in [2.75, 3.05) is 13.2 Å². The van der Waals surface area contributed by atoms with Crippen LogP contribution < -0.4 is 9.47 Å². The van der Waals surface area contributed by atoms with Crippen molar-refractivity contribution in [3.05, 3.63) is 84.0 Å². The fourth-order valence-electron chi connectivity index (χ4n) is 3.05. The summed E-state index contributed by atoms with van der Waals surface area (Å²) in [5.74, 6) is 1.52. The lowest BCUT2D eigenvalue weighted by molar-refractivity contribution is -0.116. The van der Waals surface area contributed by atoms with Gasteiger partial charge in [0.25, 0.3) is 0 Å². The highest BCUT2D eigenvalue weighted by Gasteiger charge is 2.23. The van der Waals surface area contributed by atoms with Crippen molar-refractivity contribution >= 4 is 11.6 Å². The van der Waals surface area contributed by atoms with Crippen LogP contribution in [0.2, 0.25) is 0 Å². The Morgan fingerprint density at radius 3 is 1.32 bits per heavy atom. The average molecular weight is 421 g/mol. The van der Waals surface area contributed by atoms with Gasteiger partial charge in [-0.05, 0) is 60.4 Å². The maximum atomic E-state index is 11.6. The Morgan fingerprint density at radius 1 is 0.710 bits per heavy atom. The van der Waals surface area contributed by atoms with E-state index < -0.39 is 0 Å². The van der Waals surface area contributed by atoms with Crippen LogP contribution in [0.25, 0.3) is 0 Å². The summed E-state index contributed by atoms with van der Waals surface area (Å²) in [6, 6.07) is 15.9. The average Bonchev–Trinajstić information content (AvgIpc) is 2.74. The molecule has 0 spiro atoms. The molecule has 0 saturated carbocycles. The smallest absolute Gasteiger partial charge is 0.161 e.